The zero-order chi connectivity index (χ0) is 11.8. The molecule has 4 rings (SSSR count). The van der Waals surface area contributed by atoms with Crippen molar-refractivity contribution in [1.82, 2.24) is 10.2 Å². The smallest absolute Gasteiger partial charge is 0.224 e. The fourth-order valence-electron chi connectivity index (χ4n) is 3.73. The molecule has 0 spiro atoms. The van der Waals surface area contributed by atoms with Crippen LogP contribution in [-0.2, 0) is 4.79 Å². The Hall–Kier alpha value is -0.610. The molecule has 4 fully saturated rings. The van der Waals surface area contributed by atoms with Crippen molar-refractivity contribution < 1.29 is 4.79 Å². The first-order chi connectivity index (χ1) is 8.24. The standard InChI is InChI=1S/C13H23N3O/c14-11-3-1-2-10(11)13(17)15-12-8-16-6-4-9(12)5-7-16/h9-12H,1-8,14H2,(H,15,17). The molecule has 4 nitrogen and oxygen atoms in total. The van der Waals surface area contributed by atoms with Crippen LogP contribution in [0.5, 0.6) is 0 Å². The number of nitrogens with two attached hydrogens (primary N) is 1. The van der Waals surface area contributed by atoms with Crippen LogP contribution in [0, 0.1) is 11.8 Å². The van der Waals surface area contributed by atoms with Gasteiger partial charge in [-0.3, -0.25) is 4.79 Å². The number of amides is 1. The van der Waals surface area contributed by atoms with Crippen LogP contribution in [0.1, 0.15) is 32.1 Å². The van der Waals surface area contributed by atoms with E-state index in [1.807, 2.05) is 0 Å². The Morgan fingerprint density at radius 3 is 2.47 bits per heavy atom. The minimum atomic E-state index is 0.0745. The summed E-state index contributed by atoms with van der Waals surface area (Å²) in [4.78, 5) is 14.7. The summed E-state index contributed by atoms with van der Waals surface area (Å²) < 4.78 is 0. The van der Waals surface area contributed by atoms with Gasteiger partial charge in [-0.05, 0) is 44.7 Å². The van der Waals surface area contributed by atoms with Gasteiger partial charge in [0, 0.05) is 18.6 Å². The molecular weight excluding hydrogens is 214 g/mol. The molecule has 1 saturated carbocycles. The lowest BCUT2D eigenvalue weighted by molar-refractivity contribution is -0.127. The first-order valence-electron chi connectivity index (χ1n) is 7.02. The van der Waals surface area contributed by atoms with Crippen LogP contribution in [0.25, 0.3) is 0 Å². The molecule has 0 aromatic carbocycles. The van der Waals surface area contributed by atoms with E-state index < -0.39 is 0 Å². The van der Waals surface area contributed by atoms with Crippen LogP contribution in [0.3, 0.4) is 0 Å². The predicted molar refractivity (Wildman–Crippen MR) is 66.4 cm³/mol. The van der Waals surface area contributed by atoms with Crippen molar-refractivity contribution in [1.29, 1.82) is 0 Å². The number of carbonyl (C=O) groups excluding carboxylic acids is 1. The highest BCUT2D eigenvalue weighted by Crippen LogP contribution is 2.29. The maximum Gasteiger partial charge on any atom is 0.224 e. The molecule has 4 heteroatoms. The Labute approximate surface area is 103 Å². The lowest BCUT2D eigenvalue weighted by Gasteiger charge is -2.45. The Morgan fingerprint density at radius 2 is 1.94 bits per heavy atom. The second-order valence-electron chi connectivity index (χ2n) is 5.95. The number of hydrogen-bond acceptors (Lipinski definition) is 3. The van der Waals surface area contributed by atoms with Gasteiger partial charge in [-0.25, -0.2) is 0 Å². The van der Waals surface area contributed by atoms with Crippen LogP contribution in [0.15, 0.2) is 0 Å². The summed E-state index contributed by atoms with van der Waals surface area (Å²) in [5.74, 6) is 1.00. The van der Waals surface area contributed by atoms with Gasteiger partial charge in [0.2, 0.25) is 5.91 Å². The Bertz CT molecular complexity index is 299. The lowest BCUT2D eigenvalue weighted by Crippen LogP contribution is -2.58. The number of carbonyl (C=O) groups is 1. The Balaban J connectivity index is 1.58. The van der Waals surface area contributed by atoms with Crippen molar-refractivity contribution in [2.24, 2.45) is 17.6 Å². The molecule has 3 atom stereocenters. The van der Waals surface area contributed by atoms with Gasteiger partial charge in [0.1, 0.15) is 0 Å². The summed E-state index contributed by atoms with van der Waals surface area (Å²) in [6, 6.07) is 0.480. The van der Waals surface area contributed by atoms with Gasteiger partial charge in [-0.2, -0.15) is 0 Å². The quantitative estimate of drug-likeness (QED) is 0.727. The van der Waals surface area contributed by atoms with E-state index in [1.54, 1.807) is 0 Å². The van der Waals surface area contributed by atoms with E-state index in [0.29, 0.717) is 12.0 Å². The zero-order valence-corrected chi connectivity index (χ0v) is 10.4. The summed E-state index contributed by atoms with van der Waals surface area (Å²) in [6.07, 6.45) is 5.61. The number of fused-ring (bicyclic) bond motifs is 3. The van der Waals surface area contributed by atoms with Gasteiger partial charge in [-0.15, -0.1) is 0 Å². The van der Waals surface area contributed by atoms with E-state index >= 15 is 0 Å². The third-order valence-electron chi connectivity index (χ3n) is 4.89. The van der Waals surface area contributed by atoms with Crippen molar-refractivity contribution in [2.45, 2.75) is 44.2 Å². The van der Waals surface area contributed by atoms with E-state index in [1.165, 1.54) is 25.9 Å². The summed E-state index contributed by atoms with van der Waals surface area (Å²) >= 11 is 0. The highest BCUT2D eigenvalue weighted by atomic mass is 16.2. The van der Waals surface area contributed by atoms with Gasteiger partial charge in [0.15, 0.2) is 0 Å². The van der Waals surface area contributed by atoms with Crippen molar-refractivity contribution in [3.63, 3.8) is 0 Å². The topological polar surface area (TPSA) is 58.4 Å². The second kappa shape index (κ2) is 4.58. The molecule has 0 aromatic rings. The maximum absolute atomic E-state index is 12.2. The molecule has 2 bridgehead atoms. The molecule has 3 unspecified atom stereocenters. The highest BCUT2D eigenvalue weighted by molar-refractivity contribution is 5.80. The van der Waals surface area contributed by atoms with Crippen LogP contribution in [-0.4, -0.2) is 42.5 Å². The second-order valence-corrected chi connectivity index (χ2v) is 5.95. The lowest BCUT2D eigenvalue weighted by atomic mass is 9.83. The van der Waals surface area contributed by atoms with Gasteiger partial charge in [-0.1, -0.05) is 6.42 Å². The van der Waals surface area contributed by atoms with Crippen LogP contribution >= 0.6 is 0 Å². The van der Waals surface area contributed by atoms with E-state index in [-0.39, 0.29) is 17.9 Å². The minimum Gasteiger partial charge on any atom is -0.352 e. The fraction of sp³-hybridized carbons (Fsp3) is 0.923. The number of hydrogen-bond donors (Lipinski definition) is 2. The molecule has 1 aliphatic carbocycles. The molecule has 4 aliphatic rings. The largest absolute Gasteiger partial charge is 0.352 e. The van der Waals surface area contributed by atoms with Gasteiger partial charge < -0.3 is 16.0 Å². The molecule has 3 saturated heterocycles. The van der Waals surface area contributed by atoms with Crippen molar-refractivity contribution >= 4 is 5.91 Å². The van der Waals surface area contributed by atoms with E-state index in [2.05, 4.69) is 10.2 Å². The Kier molecular flexibility index (Phi) is 3.09. The van der Waals surface area contributed by atoms with Gasteiger partial charge in [0.05, 0.1) is 5.92 Å². The van der Waals surface area contributed by atoms with E-state index in [0.717, 1.165) is 25.8 Å². The molecule has 17 heavy (non-hydrogen) atoms. The summed E-state index contributed by atoms with van der Waals surface area (Å²) in [6.45, 7) is 3.50. The summed E-state index contributed by atoms with van der Waals surface area (Å²) in [7, 11) is 0. The van der Waals surface area contributed by atoms with Gasteiger partial charge >= 0.3 is 0 Å². The number of rotatable bonds is 2. The molecule has 0 aromatic heterocycles. The van der Waals surface area contributed by atoms with Crippen molar-refractivity contribution in [2.75, 3.05) is 19.6 Å². The monoisotopic (exact) mass is 237 g/mol. The number of nitrogens with one attached hydrogen (secondary N) is 1. The molecule has 0 radical (unpaired) electrons. The Morgan fingerprint density at radius 1 is 1.18 bits per heavy atom. The first-order valence-corrected chi connectivity index (χ1v) is 7.02. The SMILES string of the molecule is NC1CCCC1C(=O)NC1CN2CCC1CC2. The average Bonchev–Trinajstić information content (AvgIpc) is 2.77. The van der Waals surface area contributed by atoms with E-state index in [4.69, 9.17) is 5.73 Å². The maximum atomic E-state index is 12.2. The third-order valence-corrected chi connectivity index (χ3v) is 4.89. The number of nitrogens with zero attached hydrogens (tertiary/aromatic N) is 1. The minimum absolute atomic E-state index is 0.0745. The normalized spacial score (nSPS) is 44.9. The highest BCUT2D eigenvalue weighted by Gasteiger charge is 2.37. The van der Waals surface area contributed by atoms with Crippen LogP contribution < -0.4 is 11.1 Å². The van der Waals surface area contributed by atoms with Crippen LogP contribution in [0.4, 0.5) is 0 Å². The molecular formula is C13H23N3O. The van der Waals surface area contributed by atoms with Crippen molar-refractivity contribution in [3.8, 4) is 0 Å². The average molecular weight is 237 g/mol. The molecule has 96 valence electrons. The summed E-state index contributed by atoms with van der Waals surface area (Å²) in [5, 5.41) is 3.26. The fourth-order valence-corrected chi connectivity index (χ4v) is 3.73. The number of piperidine rings is 3. The van der Waals surface area contributed by atoms with E-state index in [9.17, 15) is 4.79 Å². The van der Waals surface area contributed by atoms with Gasteiger partial charge in [0.25, 0.3) is 0 Å². The molecule has 1 amide bonds. The third kappa shape index (κ3) is 2.20. The van der Waals surface area contributed by atoms with Crippen LogP contribution in [0.2, 0.25) is 0 Å². The zero-order valence-electron chi connectivity index (χ0n) is 10.4. The molecule has 3 aliphatic heterocycles. The molecule has 3 N–H and O–H groups in total. The molecule has 3 heterocycles. The first kappa shape index (κ1) is 11.5. The van der Waals surface area contributed by atoms with Crippen molar-refractivity contribution in [3.05, 3.63) is 0 Å². The summed E-state index contributed by atoms with van der Waals surface area (Å²) in [5.41, 5.74) is 5.99. The predicted octanol–water partition coefficient (Wildman–Crippen LogP) is 0.324.